The van der Waals surface area contributed by atoms with E-state index in [-0.39, 0.29) is 0 Å². The molecule has 1 N–H and O–H groups in total. The van der Waals surface area contributed by atoms with E-state index in [2.05, 4.69) is 5.32 Å². The number of nitrogens with one attached hydrogen (secondary N) is 1. The van der Waals surface area contributed by atoms with Crippen molar-refractivity contribution in [3.8, 4) is 0 Å². The van der Waals surface area contributed by atoms with Gasteiger partial charge in [0.05, 0.1) is 17.7 Å². The lowest BCUT2D eigenvalue weighted by Gasteiger charge is -2.09. The van der Waals surface area contributed by atoms with Gasteiger partial charge in [-0.1, -0.05) is 19.1 Å². The first-order valence-corrected chi connectivity index (χ1v) is 9.64. The standard InChI is InChI=1S/C20H21NO5S/c1-3-12-25-19(23)14-8-10-15(11-9-14)21-18(22)13-26-20(24)16-6-4-5-7-17(16)27-2/h4-11H,3,12-13H2,1-2H3,(H,21,22). The molecule has 0 aromatic heterocycles. The number of rotatable bonds is 8. The number of ether oxygens (including phenoxy) is 2. The van der Waals surface area contributed by atoms with Crippen LogP contribution < -0.4 is 5.32 Å². The number of thioether (sulfide) groups is 1. The van der Waals surface area contributed by atoms with E-state index >= 15 is 0 Å². The Bertz CT molecular complexity index is 804. The molecule has 7 heteroatoms. The maximum absolute atomic E-state index is 12.1. The van der Waals surface area contributed by atoms with Crippen LogP contribution in [0.15, 0.2) is 53.4 Å². The lowest BCUT2D eigenvalue weighted by atomic mass is 10.2. The van der Waals surface area contributed by atoms with Crippen molar-refractivity contribution in [2.75, 3.05) is 24.8 Å². The third-order valence-electron chi connectivity index (χ3n) is 3.50. The van der Waals surface area contributed by atoms with E-state index < -0.39 is 24.5 Å². The molecule has 0 radical (unpaired) electrons. The number of carbonyl (C=O) groups excluding carboxylic acids is 3. The summed E-state index contributed by atoms with van der Waals surface area (Å²) < 4.78 is 10.1. The fraction of sp³-hybridized carbons (Fsp3) is 0.250. The van der Waals surface area contributed by atoms with Crippen LogP contribution in [0.5, 0.6) is 0 Å². The van der Waals surface area contributed by atoms with Crippen molar-refractivity contribution in [1.82, 2.24) is 0 Å². The molecule has 0 atom stereocenters. The molecule has 142 valence electrons. The third-order valence-corrected chi connectivity index (χ3v) is 4.30. The fourth-order valence-electron chi connectivity index (χ4n) is 2.19. The molecular formula is C20H21NO5S. The maximum Gasteiger partial charge on any atom is 0.339 e. The second kappa shape index (κ2) is 10.4. The van der Waals surface area contributed by atoms with Gasteiger partial charge in [0.25, 0.3) is 5.91 Å². The summed E-state index contributed by atoms with van der Waals surface area (Å²) >= 11 is 1.43. The number of esters is 2. The van der Waals surface area contributed by atoms with Crippen molar-refractivity contribution in [2.24, 2.45) is 0 Å². The molecule has 0 aliphatic heterocycles. The molecule has 2 rings (SSSR count). The lowest BCUT2D eigenvalue weighted by Crippen LogP contribution is -2.21. The normalized spacial score (nSPS) is 10.1. The molecule has 0 unspecified atom stereocenters. The number of amides is 1. The van der Waals surface area contributed by atoms with Crippen LogP contribution in [0.4, 0.5) is 5.69 Å². The topological polar surface area (TPSA) is 81.7 Å². The highest BCUT2D eigenvalue weighted by Crippen LogP contribution is 2.20. The Morgan fingerprint density at radius 1 is 0.963 bits per heavy atom. The molecule has 0 bridgehead atoms. The monoisotopic (exact) mass is 387 g/mol. The van der Waals surface area contributed by atoms with E-state index in [0.717, 1.165) is 11.3 Å². The summed E-state index contributed by atoms with van der Waals surface area (Å²) in [6, 6.07) is 13.3. The molecule has 0 heterocycles. The van der Waals surface area contributed by atoms with E-state index in [9.17, 15) is 14.4 Å². The Morgan fingerprint density at radius 3 is 2.33 bits per heavy atom. The van der Waals surface area contributed by atoms with Crippen molar-refractivity contribution in [3.05, 3.63) is 59.7 Å². The summed E-state index contributed by atoms with van der Waals surface area (Å²) in [5.41, 5.74) is 1.32. The highest BCUT2D eigenvalue weighted by atomic mass is 32.2. The SMILES string of the molecule is CCCOC(=O)c1ccc(NC(=O)COC(=O)c2ccccc2SC)cc1. The predicted molar refractivity (Wildman–Crippen MR) is 104 cm³/mol. The molecule has 0 saturated carbocycles. The van der Waals surface area contributed by atoms with Gasteiger partial charge in [0.2, 0.25) is 0 Å². The van der Waals surface area contributed by atoms with Crippen LogP contribution in [-0.2, 0) is 14.3 Å². The predicted octanol–water partition coefficient (Wildman–Crippen LogP) is 3.77. The fourth-order valence-corrected chi connectivity index (χ4v) is 2.77. The largest absolute Gasteiger partial charge is 0.462 e. The first-order valence-electron chi connectivity index (χ1n) is 8.42. The first kappa shape index (κ1) is 20.5. The van der Waals surface area contributed by atoms with Crippen molar-refractivity contribution < 1.29 is 23.9 Å². The Kier molecular flexibility index (Phi) is 7.88. The van der Waals surface area contributed by atoms with Crippen LogP contribution in [0, 0.1) is 0 Å². The van der Waals surface area contributed by atoms with Crippen LogP contribution in [0.25, 0.3) is 0 Å². The summed E-state index contributed by atoms with van der Waals surface area (Å²) in [6.07, 6.45) is 2.61. The van der Waals surface area contributed by atoms with Gasteiger partial charge in [-0.2, -0.15) is 0 Å². The van der Waals surface area contributed by atoms with Crippen LogP contribution in [-0.4, -0.2) is 37.3 Å². The second-order valence-electron chi connectivity index (χ2n) is 5.54. The first-order chi connectivity index (χ1) is 13.0. The molecule has 27 heavy (non-hydrogen) atoms. The van der Waals surface area contributed by atoms with Gasteiger partial charge >= 0.3 is 11.9 Å². The molecular weight excluding hydrogens is 366 g/mol. The summed E-state index contributed by atoms with van der Waals surface area (Å²) in [7, 11) is 0. The van der Waals surface area contributed by atoms with E-state index in [1.54, 1.807) is 36.4 Å². The summed E-state index contributed by atoms with van der Waals surface area (Å²) in [6.45, 7) is 1.88. The van der Waals surface area contributed by atoms with Crippen molar-refractivity contribution in [2.45, 2.75) is 18.2 Å². The minimum Gasteiger partial charge on any atom is -0.462 e. The van der Waals surface area contributed by atoms with E-state index in [4.69, 9.17) is 9.47 Å². The third kappa shape index (κ3) is 6.14. The highest BCUT2D eigenvalue weighted by molar-refractivity contribution is 7.98. The Balaban J connectivity index is 1.86. The molecule has 0 spiro atoms. The number of hydrogen-bond donors (Lipinski definition) is 1. The molecule has 1 amide bonds. The Labute approximate surface area is 162 Å². The zero-order valence-corrected chi connectivity index (χ0v) is 16.0. The molecule has 0 aliphatic rings. The van der Waals surface area contributed by atoms with Gasteiger partial charge in [0.1, 0.15) is 0 Å². The molecule has 0 saturated heterocycles. The summed E-state index contributed by atoms with van der Waals surface area (Å²) in [5.74, 6) is -1.42. The van der Waals surface area contributed by atoms with E-state index in [1.807, 2.05) is 25.3 Å². The van der Waals surface area contributed by atoms with Crippen molar-refractivity contribution in [3.63, 3.8) is 0 Å². The van der Waals surface area contributed by atoms with Gasteiger partial charge in [-0.3, -0.25) is 4.79 Å². The molecule has 6 nitrogen and oxygen atoms in total. The van der Waals surface area contributed by atoms with Crippen LogP contribution in [0.3, 0.4) is 0 Å². The van der Waals surface area contributed by atoms with Crippen molar-refractivity contribution in [1.29, 1.82) is 0 Å². The van der Waals surface area contributed by atoms with Crippen molar-refractivity contribution >= 4 is 35.3 Å². The van der Waals surface area contributed by atoms with Crippen LogP contribution in [0.2, 0.25) is 0 Å². The lowest BCUT2D eigenvalue weighted by molar-refractivity contribution is -0.119. The molecule has 2 aromatic rings. The highest BCUT2D eigenvalue weighted by Gasteiger charge is 2.14. The quantitative estimate of drug-likeness (QED) is 0.548. The van der Waals surface area contributed by atoms with Crippen LogP contribution >= 0.6 is 11.8 Å². The smallest absolute Gasteiger partial charge is 0.339 e. The maximum atomic E-state index is 12.1. The zero-order valence-electron chi connectivity index (χ0n) is 15.2. The Hall–Kier alpha value is -2.80. The Morgan fingerprint density at radius 2 is 1.67 bits per heavy atom. The second-order valence-corrected chi connectivity index (χ2v) is 6.39. The molecule has 2 aromatic carbocycles. The number of anilines is 1. The number of hydrogen-bond acceptors (Lipinski definition) is 6. The van der Waals surface area contributed by atoms with Gasteiger partial charge in [0.15, 0.2) is 6.61 Å². The summed E-state index contributed by atoms with van der Waals surface area (Å²) in [5, 5.41) is 2.61. The van der Waals surface area contributed by atoms with Gasteiger partial charge in [-0.15, -0.1) is 11.8 Å². The van der Waals surface area contributed by atoms with Gasteiger partial charge < -0.3 is 14.8 Å². The van der Waals surface area contributed by atoms with Gasteiger partial charge in [0, 0.05) is 10.6 Å². The average Bonchev–Trinajstić information content (AvgIpc) is 2.70. The average molecular weight is 387 g/mol. The summed E-state index contributed by atoms with van der Waals surface area (Å²) in [4.78, 5) is 36.6. The minimum atomic E-state index is -0.552. The molecule has 0 aliphatic carbocycles. The minimum absolute atomic E-state index is 0.363. The molecule has 0 fully saturated rings. The number of benzene rings is 2. The zero-order chi connectivity index (χ0) is 19.6. The van der Waals surface area contributed by atoms with Gasteiger partial charge in [-0.05, 0) is 49.1 Å². The van der Waals surface area contributed by atoms with Gasteiger partial charge in [-0.25, -0.2) is 9.59 Å². The van der Waals surface area contributed by atoms with Crippen LogP contribution in [0.1, 0.15) is 34.1 Å². The van der Waals surface area contributed by atoms with E-state index in [1.165, 1.54) is 11.8 Å². The van der Waals surface area contributed by atoms with E-state index in [0.29, 0.717) is 23.4 Å². The number of carbonyl (C=O) groups is 3.